The zero-order valence-corrected chi connectivity index (χ0v) is 15.5. The first-order chi connectivity index (χ1) is 12.9. The number of hydrogen-bond acceptors (Lipinski definition) is 5. The largest absolute Gasteiger partial charge is 0.338 e. The molecule has 1 heterocycles. The van der Waals surface area contributed by atoms with Gasteiger partial charge in [-0.15, -0.1) is 6.58 Å². The molecular weight excluding hydrogens is 369 g/mol. The highest BCUT2D eigenvalue weighted by molar-refractivity contribution is 7.89. The number of aryl methyl sites for hydroxylation is 1. The molecule has 0 aliphatic heterocycles. The molecule has 0 saturated carbocycles. The van der Waals surface area contributed by atoms with Crippen LogP contribution in [0.1, 0.15) is 11.5 Å². The summed E-state index contributed by atoms with van der Waals surface area (Å²) in [4.78, 5) is 4.25. The molecule has 8 heteroatoms. The van der Waals surface area contributed by atoms with Crippen LogP contribution in [0.4, 0.5) is 4.39 Å². The van der Waals surface area contributed by atoms with Gasteiger partial charge in [-0.2, -0.15) is 9.29 Å². The van der Waals surface area contributed by atoms with Crippen LogP contribution in [0.3, 0.4) is 0 Å². The molecule has 0 fully saturated rings. The third-order valence-corrected chi connectivity index (χ3v) is 5.70. The predicted octanol–water partition coefficient (Wildman–Crippen LogP) is 3.56. The van der Waals surface area contributed by atoms with E-state index in [-0.39, 0.29) is 23.9 Å². The Balaban J connectivity index is 1.85. The van der Waals surface area contributed by atoms with Crippen LogP contribution in [0.5, 0.6) is 0 Å². The van der Waals surface area contributed by atoms with Crippen molar-refractivity contribution in [2.75, 3.05) is 6.54 Å². The Bertz CT molecular complexity index is 1030. The Morgan fingerprint density at radius 2 is 1.81 bits per heavy atom. The third-order valence-electron chi connectivity index (χ3n) is 3.87. The SMILES string of the molecule is C=CCN(Cc1nc(-c2ccc(C)cc2)no1)S(=O)(=O)c1ccc(F)cc1. The van der Waals surface area contributed by atoms with E-state index in [1.807, 2.05) is 31.2 Å². The van der Waals surface area contributed by atoms with E-state index in [0.717, 1.165) is 27.6 Å². The molecule has 0 amide bonds. The minimum absolute atomic E-state index is 0.0241. The minimum atomic E-state index is -3.87. The number of benzene rings is 2. The van der Waals surface area contributed by atoms with Crippen molar-refractivity contribution >= 4 is 10.0 Å². The van der Waals surface area contributed by atoms with Crippen molar-refractivity contribution in [3.8, 4) is 11.4 Å². The highest BCUT2D eigenvalue weighted by Crippen LogP contribution is 2.21. The normalized spacial score (nSPS) is 11.7. The van der Waals surface area contributed by atoms with Gasteiger partial charge in [0.1, 0.15) is 5.82 Å². The maximum absolute atomic E-state index is 13.1. The fraction of sp³-hybridized carbons (Fsp3) is 0.158. The lowest BCUT2D eigenvalue weighted by atomic mass is 10.1. The quantitative estimate of drug-likeness (QED) is 0.580. The fourth-order valence-corrected chi connectivity index (χ4v) is 3.80. The molecule has 2 aromatic carbocycles. The van der Waals surface area contributed by atoms with E-state index in [4.69, 9.17) is 4.52 Å². The second-order valence-corrected chi connectivity index (χ2v) is 7.86. The Hall–Kier alpha value is -2.84. The summed E-state index contributed by atoms with van der Waals surface area (Å²) in [6.07, 6.45) is 1.46. The lowest BCUT2D eigenvalue weighted by Crippen LogP contribution is -2.31. The van der Waals surface area contributed by atoms with Crippen molar-refractivity contribution < 1.29 is 17.3 Å². The van der Waals surface area contributed by atoms with E-state index in [2.05, 4.69) is 16.7 Å². The number of sulfonamides is 1. The van der Waals surface area contributed by atoms with Crippen molar-refractivity contribution in [1.82, 2.24) is 14.4 Å². The smallest absolute Gasteiger partial charge is 0.243 e. The van der Waals surface area contributed by atoms with Crippen molar-refractivity contribution in [2.45, 2.75) is 18.4 Å². The molecular formula is C19H18FN3O3S. The Morgan fingerprint density at radius 1 is 1.15 bits per heavy atom. The lowest BCUT2D eigenvalue weighted by Gasteiger charge is -2.18. The predicted molar refractivity (Wildman–Crippen MR) is 98.7 cm³/mol. The molecule has 3 aromatic rings. The summed E-state index contributed by atoms with van der Waals surface area (Å²) >= 11 is 0. The summed E-state index contributed by atoms with van der Waals surface area (Å²) in [7, 11) is -3.87. The van der Waals surface area contributed by atoms with Crippen LogP contribution < -0.4 is 0 Å². The van der Waals surface area contributed by atoms with Crippen LogP contribution in [0.25, 0.3) is 11.4 Å². The first kappa shape index (κ1) is 18.9. The molecule has 0 saturated heterocycles. The molecule has 140 valence electrons. The van der Waals surface area contributed by atoms with Crippen molar-refractivity contribution in [3.63, 3.8) is 0 Å². The first-order valence-electron chi connectivity index (χ1n) is 8.16. The van der Waals surface area contributed by atoms with Gasteiger partial charge in [-0.25, -0.2) is 12.8 Å². The molecule has 1 aromatic heterocycles. The second-order valence-electron chi connectivity index (χ2n) is 5.92. The fourth-order valence-electron chi connectivity index (χ4n) is 2.44. The number of nitrogens with zero attached hydrogens (tertiary/aromatic N) is 3. The maximum Gasteiger partial charge on any atom is 0.243 e. The number of aromatic nitrogens is 2. The molecule has 0 N–H and O–H groups in total. The standard InChI is InChI=1S/C19H18FN3O3S/c1-3-12-23(27(24,25)17-10-8-16(20)9-11-17)13-18-21-19(22-26-18)15-6-4-14(2)5-7-15/h3-11H,1,12-13H2,2H3. The van der Waals surface area contributed by atoms with Gasteiger partial charge in [0.2, 0.25) is 21.7 Å². The van der Waals surface area contributed by atoms with Crippen molar-refractivity contribution in [3.05, 3.63) is 78.5 Å². The van der Waals surface area contributed by atoms with E-state index in [9.17, 15) is 12.8 Å². The lowest BCUT2D eigenvalue weighted by molar-refractivity contribution is 0.327. The molecule has 3 rings (SSSR count). The van der Waals surface area contributed by atoms with Gasteiger partial charge in [0, 0.05) is 12.1 Å². The molecule has 27 heavy (non-hydrogen) atoms. The average Bonchev–Trinajstić information content (AvgIpc) is 3.11. The number of halogens is 1. The Kier molecular flexibility index (Phi) is 5.48. The molecule has 0 unspecified atom stereocenters. The van der Waals surface area contributed by atoms with E-state index in [0.29, 0.717) is 5.82 Å². The molecule has 6 nitrogen and oxygen atoms in total. The van der Waals surface area contributed by atoms with Gasteiger partial charge in [0.15, 0.2) is 0 Å². The van der Waals surface area contributed by atoms with Crippen LogP contribution in [0.15, 0.2) is 70.6 Å². The molecule has 0 aliphatic rings. The van der Waals surface area contributed by atoms with Gasteiger partial charge in [-0.05, 0) is 31.2 Å². The highest BCUT2D eigenvalue weighted by atomic mass is 32.2. The first-order valence-corrected chi connectivity index (χ1v) is 9.60. The van der Waals surface area contributed by atoms with Crippen LogP contribution in [0, 0.1) is 12.7 Å². The van der Waals surface area contributed by atoms with E-state index < -0.39 is 15.8 Å². The van der Waals surface area contributed by atoms with Gasteiger partial charge in [0.05, 0.1) is 11.4 Å². The summed E-state index contributed by atoms with van der Waals surface area (Å²) in [5.74, 6) is 0.0182. The number of rotatable bonds is 7. The van der Waals surface area contributed by atoms with Gasteiger partial charge in [0.25, 0.3) is 0 Å². The summed E-state index contributed by atoms with van der Waals surface area (Å²) in [5, 5.41) is 3.91. The van der Waals surface area contributed by atoms with Crippen LogP contribution >= 0.6 is 0 Å². The van der Waals surface area contributed by atoms with E-state index >= 15 is 0 Å². The van der Waals surface area contributed by atoms with Gasteiger partial charge < -0.3 is 4.52 Å². The Labute approximate surface area is 157 Å². The summed E-state index contributed by atoms with van der Waals surface area (Å²) in [5.41, 5.74) is 1.87. The monoisotopic (exact) mass is 387 g/mol. The number of hydrogen-bond donors (Lipinski definition) is 0. The molecule has 0 aliphatic carbocycles. The van der Waals surface area contributed by atoms with E-state index in [1.54, 1.807) is 0 Å². The topological polar surface area (TPSA) is 76.3 Å². The minimum Gasteiger partial charge on any atom is -0.338 e. The van der Waals surface area contributed by atoms with Crippen molar-refractivity contribution in [1.29, 1.82) is 0 Å². The third kappa shape index (κ3) is 4.29. The zero-order chi connectivity index (χ0) is 19.4. The maximum atomic E-state index is 13.1. The summed E-state index contributed by atoms with van der Waals surface area (Å²) in [6, 6.07) is 12.2. The van der Waals surface area contributed by atoms with Crippen LogP contribution in [0.2, 0.25) is 0 Å². The second kappa shape index (κ2) is 7.81. The van der Waals surface area contributed by atoms with E-state index in [1.165, 1.54) is 18.2 Å². The van der Waals surface area contributed by atoms with Gasteiger partial charge >= 0.3 is 0 Å². The average molecular weight is 387 g/mol. The molecule has 0 spiro atoms. The highest BCUT2D eigenvalue weighted by Gasteiger charge is 2.26. The van der Waals surface area contributed by atoms with Crippen molar-refractivity contribution in [2.24, 2.45) is 0 Å². The summed E-state index contributed by atoms with van der Waals surface area (Å²) in [6.45, 7) is 5.49. The summed E-state index contributed by atoms with van der Waals surface area (Å²) < 4.78 is 45.1. The van der Waals surface area contributed by atoms with Gasteiger partial charge in [-0.1, -0.05) is 41.1 Å². The van der Waals surface area contributed by atoms with Crippen LogP contribution in [-0.2, 0) is 16.6 Å². The molecule has 0 radical (unpaired) electrons. The van der Waals surface area contributed by atoms with Crippen LogP contribution in [-0.4, -0.2) is 29.4 Å². The van der Waals surface area contributed by atoms with Gasteiger partial charge in [-0.3, -0.25) is 0 Å². The molecule has 0 atom stereocenters. The molecule has 0 bridgehead atoms. The Morgan fingerprint density at radius 3 is 2.44 bits per heavy atom. The zero-order valence-electron chi connectivity index (χ0n) is 14.7.